The van der Waals surface area contributed by atoms with E-state index in [1.807, 2.05) is 13.8 Å². The Morgan fingerprint density at radius 1 is 0.409 bits per heavy atom. The highest BCUT2D eigenvalue weighted by atomic mass is 15.0. The van der Waals surface area contributed by atoms with E-state index >= 15 is 0 Å². The maximum absolute atomic E-state index is 3.57. The Morgan fingerprint density at radius 3 is 1.89 bits per heavy atom. The van der Waals surface area contributed by atoms with Crippen molar-refractivity contribution in [3.63, 3.8) is 0 Å². The Kier molecular flexibility index (Phi) is 5.36. The van der Waals surface area contributed by atoms with Crippen molar-refractivity contribution in [1.82, 2.24) is 9.55 Å². The number of hydrogen-bond donors (Lipinski definition) is 1. The van der Waals surface area contributed by atoms with Gasteiger partial charge in [0.05, 0.1) is 11.0 Å². The topological polar surface area (TPSA) is 20.7 Å². The Bertz CT molecular complexity index is 2560. The number of aromatic nitrogens is 2. The van der Waals surface area contributed by atoms with Crippen LogP contribution in [0.1, 0.15) is 13.8 Å². The molecule has 9 aromatic rings. The minimum Gasteiger partial charge on any atom is -0.355 e. The third-order valence-corrected chi connectivity index (χ3v) is 9.25. The first-order valence-corrected chi connectivity index (χ1v) is 15.5. The number of para-hydroxylation sites is 2. The highest BCUT2D eigenvalue weighted by Gasteiger charge is 2.25. The van der Waals surface area contributed by atoms with Gasteiger partial charge in [0.15, 0.2) is 0 Å². The van der Waals surface area contributed by atoms with E-state index in [4.69, 9.17) is 0 Å². The standard InChI is InChI=1S/C40H24N2.C2H6/c1-2-9-26(10-3-1)42-37-20-18-25(24-17-19-36-32(21-24)29-13-6-7-16-35(29)41-36)22-34(37)40-31-15-8-14-30-27-11-4-5-12-28(27)33(39(30)31)23-38(40)42;1-2/h1-23,41H;1-2H3. The first-order valence-electron chi connectivity index (χ1n) is 15.5. The SMILES string of the molecule is CC.c1ccc(-n2c3ccc(-c4ccc5[nH]c6ccccc6c5c4)cc3c3c4cccc5c4c(cc32)-c2ccccc2-5)cc1. The number of fused-ring (bicyclic) bond motifs is 10. The van der Waals surface area contributed by atoms with E-state index in [0.29, 0.717) is 0 Å². The highest BCUT2D eigenvalue weighted by molar-refractivity contribution is 6.29. The molecule has 44 heavy (non-hydrogen) atoms. The summed E-state index contributed by atoms with van der Waals surface area (Å²) < 4.78 is 2.45. The van der Waals surface area contributed by atoms with E-state index in [1.54, 1.807) is 0 Å². The molecule has 0 spiro atoms. The lowest BCUT2D eigenvalue weighted by atomic mass is 9.96. The van der Waals surface area contributed by atoms with Crippen LogP contribution in [-0.4, -0.2) is 9.55 Å². The molecule has 2 nitrogen and oxygen atoms in total. The van der Waals surface area contributed by atoms with Crippen LogP contribution in [0.5, 0.6) is 0 Å². The molecule has 0 saturated carbocycles. The van der Waals surface area contributed by atoms with Crippen LogP contribution in [0.15, 0.2) is 140 Å². The fourth-order valence-corrected chi connectivity index (χ4v) is 7.44. The van der Waals surface area contributed by atoms with Gasteiger partial charge in [-0.25, -0.2) is 0 Å². The number of benzene rings is 7. The van der Waals surface area contributed by atoms with Crippen LogP contribution in [0.25, 0.3) is 93.5 Å². The molecular formula is C42H30N2. The molecule has 7 aromatic carbocycles. The fourth-order valence-electron chi connectivity index (χ4n) is 7.44. The fraction of sp³-hybridized carbons (Fsp3) is 0.0476. The summed E-state index contributed by atoms with van der Waals surface area (Å²) >= 11 is 0. The molecule has 2 heteroatoms. The van der Waals surface area contributed by atoms with Crippen molar-refractivity contribution in [3.8, 4) is 39.1 Å². The van der Waals surface area contributed by atoms with E-state index < -0.39 is 0 Å². The molecule has 10 rings (SSSR count). The summed E-state index contributed by atoms with van der Waals surface area (Å²) in [6.07, 6.45) is 0. The molecule has 1 aliphatic carbocycles. The van der Waals surface area contributed by atoms with Crippen molar-refractivity contribution in [1.29, 1.82) is 0 Å². The van der Waals surface area contributed by atoms with Crippen molar-refractivity contribution in [3.05, 3.63) is 140 Å². The van der Waals surface area contributed by atoms with Crippen LogP contribution >= 0.6 is 0 Å². The van der Waals surface area contributed by atoms with Crippen LogP contribution in [0, 0.1) is 0 Å². The van der Waals surface area contributed by atoms with Gasteiger partial charge in [0, 0.05) is 38.3 Å². The molecule has 0 amide bonds. The molecule has 0 aliphatic heterocycles. The predicted molar refractivity (Wildman–Crippen MR) is 189 cm³/mol. The molecule has 208 valence electrons. The number of H-pyrrole nitrogens is 1. The second kappa shape index (κ2) is 9.45. The lowest BCUT2D eigenvalue weighted by molar-refractivity contribution is 1.18. The molecule has 1 N–H and O–H groups in total. The van der Waals surface area contributed by atoms with Gasteiger partial charge in [0.25, 0.3) is 0 Å². The van der Waals surface area contributed by atoms with E-state index in [-0.39, 0.29) is 0 Å². The van der Waals surface area contributed by atoms with Crippen molar-refractivity contribution in [2.45, 2.75) is 13.8 Å². The van der Waals surface area contributed by atoms with E-state index in [1.165, 1.54) is 93.5 Å². The summed E-state index contributed by atoms with van der Waals surface area (Å²) in [7, 11) is 0. The van der Waals surface area contributed by atoms with Gasteiger partial charge in [-0.1, -0.05) is 105 Å². The van der Waals surface area contributed by atoms with Gasteiger partial charge in [0.1, 0.15) is 0 Å². The van der Waals surface area contributed by atoms with E-state index in [0.717, 1.165) is 0 Å². The summed E-state index contributed by atoms with van der Waals surface area (Å²) in [4.78, 5) is 3.57. The second-order valence-corrected chi connectivity index (χ2v) is 11.4. The summed E-state index contributed by atoms with van der Waals surface area (Å²) in [6, 6.07) is 51.2. The van der Waals surface area contributed by atoms with Crippen LogP contribution < -0.4 is 0 Å². The third-order valence-electron chi connectivity index (χ3n) is 9.25. The van der Waals surface area contributed by atoms with Gasteiger partial charge in [-0.15, -0.1) is 0 Å². The summed E-state index contributed by atoms with van der Waals surface area (Å²) in [5.41, 5.74) is 13.8. The average molecular weight is 563 g/mol. The lowest BCUT2D eigenvalue weighted by Gasteiger charge is -2.10. The molecule has 0 fully saturated rings. The quantitative estimate of drug-likeness (QED) is 0.216. The van der Waals surface area contributed by atoms with Gasteiger partial charge in [-0.05, 0) is 92.7 Å². The number of nitrogens with one attached hydrogen (secondary N) is 1. The zero-order valence-electron chi connectivity index (χ0n) is 24.7. The number of rotatable bonds is 2. The monoisotopic (exact) mass is 562 g/mol. The molecular weight excluding hydrogens is 532 g/mol. The Labute approximate surface area is 255 Å². The summed E-state index contributed by atoms with van der Waals surface area (Å²) in [5, 5.41) is 7.81. The second-order valence-electron chi connectivity index (χ2n) is 11.4. The molecule has 0 saturated heterocycles. The molecule has 2 heterocycles. The smallest absolute Gasteiger partial charge is 0.0553 e. The van der Waals surface area contributed by atoms with Crippen molar-refractivity contribution in [2.24, 2.45) is 0 Å². The highest BCUT2D eigenvalue weighted by Crippen LogP contribution is 2.51. The maximum Gasteiger partial charge on any atom is 0.0553 e. The van der Waals surface area contributed by atoms with Crippen LogP contribution in [0.2, 0.25) is 0 Å². The minimum atomic E-state index is 1.17. The van der Waals surface area contributed by atoms with Crippen LogP contribution in [0.4, 0.5) is 0 Å². The zero-order valence-corrected chi connectivity index (χ0v) is 24.7. The average Bonchev–Trinajstić information content (AvgIpc) is 3.74. The van der Waals surface area contributed by atoms with Crippen molar-refractivity contribution < 1.29 is 0 Å². The van der Waals surface area contributed by atoms with Gasteiger partial charge in [-0.3, -0.25) is 0 Å². The normalized spacial score (nSPS) is 11.9. The van der Waals surface area contributed by atoms with Crippen LogP contribution in [0.3, 0.4) is 0 Å². The predicted octanol–water partition coefficient (Wildman–Crippen LogP) is 11.9. The lowest BCUT2D eigenvalue weighted by Crippen LogP contribution is -1.93. The molecule has 0 unspecified atom stereocenters. The Morgan fingerprint density at radius 2 is 1.05 bits per heavy atom. The van der Waals surface area contributed by atoms with Crippen molar-refractivity contribution in [2.75, 3.05) is 0 Å². The van der Waals surface area contributed by atoms with Crippen LogP contribution in [-0.2, 0) is 0 Å². The van der Waals surface area contributed by atoms with Gasteiger partial charge in [-0.2, -0.15) is 0 Å². The van der Waals surface area contributed by atoms with Gasteiger partial charge in [0.2, 0.25) is 0 Å². The largest absolute Gasteiger partial charge is 0.355 e. The van der Waals surface area contributed by atoms with Gasteiger partial charge >= 0.3 is 0 Å². The minimum absolute atomic E-state index is 1.17. The number of aromatic amines is 1. The first kappa shape index (κ1) is 24.9. The molecule has 0 atom stereocenters. The maximum atomic E-state index is 3.57. The van der Waals surface area contributed by atoms with Gasteiger partial charge < -0.3 is 9.55 Å². The number of nitrogens with zero attached hydrogens (tertiary/aromatic N) is 1. The summed E-state index contributed by atoms with van der Waals surface area (Å²) in [5.74, 6) is 0. The molecule has 2 aromatic heterocycles. The van der Waals surface area contributed by atoms with Crippen molar-refractivity contribution >= 4 is 54.4 Å². The Hall–Kier alpha value is -5.60. The first-order chi connectivity index (χ1) is 21.8. The number of hydrogen-bond acceptors (Lipinski definition) is 0. The molecule has 0 radical (unpaired) electrons. The molecule has 0 bridgehead atoms. The van der Waals surface area contributed by atoms with E-state index in [9.17, 15) is 0 Å². The zero-order chi connectivity index (χ0) is 29.4. The van der Waals surface area contributed by atoms with E-state index in [2.05, 4.69) is 149 Å². The Balaban J connectivity index is 0.00000133. The molecule has 1 aliphatic rings. The summed E-state index contributed by atoms with van der Waals surface area (Å²) in [6.45, 7) is 4.00. The third kappa shape index (κ3) is 3.37.